The van der Waals surface area contributed by atoms with Crippen LogP contribution in [0.3, 0.4) is 0 Å². The number of nitrogens with zero attached hydrogens (tertiary/aromatic N) is 1. The van der Waals surface area contributed by atoms with E-state index in [9.17, 15) is 18.0 Å². The maximum atomic E-state index is 12.5. The van der Waals surface area contributed by atoms with E-state index in [1.54, 1.807) is 0 Å². The van der Waals surface area contributed by atoms with E-state index >= 15 is 0 Å². The van der Waals surface area contributed by atoms with Crippen LogP contribution in [0, 0.1) is 17.8 Å². The third-order valence-corrected chi connectivity index (χ3v) is 5.75. The van der Waals surface area contributed by atoms with Crippen LogP contribution in [-0.2, 0) is 14.8 Å². The third kappa shape index (κ3) is 4.58. The highest BCUT2D eigenvalue weighted by Gasteiger charge is 2.37. The number of aliphatic carboxylic acids is 1. The van der Waals surface area contributed by atoms with Gasteiger partial charge in [0.25, 0.3) is 5.91 Å². The van der Waals surface area contributed by atoms with Gasteiger partial charge < -0.3 is 10.0 Å². The van der Waals surface area contributed by atoms with Crippen LogP contribution in [0.2, 0.25) is 0 Å². The Morgan fingerprint density at radius 1 is 1.24 bits per heavy atom. The van der Waals surface area contributed by atoms with Crippen molar-refractivity contribution in [3.05, 3.63) is 29.8 Å². The number of rotatable bonds is 6. The zero-order valence-electron chi connectivity index (χ0n) is 14.6. The number of benzene rings is 1. The van der Waals surface area contributed by atoms with E-state index in [1.807, 2.05) is 20.8 Å². The minimum absolute atomic E-state index is 0.0999. The molecule has 7 nitrogen and oxygen atoms in total. The fourth-order valence-electron chi connectivity index (χ4n) is 2.77. The molecule has 1 fully saturated rings. The molecule has 1 amide bonds. The smallest absolute Gasteiger partial charge is 0.308 e. The van der Waals surface area contributed by atoms with E-state index in [1.165, 1.54) is 29.2 Å². The van der Waals surface area contributed by atoms with Crippen LogP contribution in [0.5, 0.6) is 0 Å². The molecule has 0 aliphatic carbocycles. The first-order valence-electron chi connectivity index (χ1n) is 8.23. The maximum absolute atomic E-state index is 12.5. The van der Waals surface area contributed by atoms with Crippen molar-refractivity contribution < 1.29 is 23.1 Å². The number of amides is 1. The van der Waals surface area contributed by atoms with E-state index in [-0.39, 0.29) is 29.2 Å². The number of hydrogen-bond acceptors (Lipinski definition) is 4. The first-order valence-corrected chi connectivity index (χ1v) is 9.72. The van der Waals surface area contributed by atoms with Crippen molar-refractivity contribution in [2.45, 2.75) is 25.7 Å². The molecular weight excluding hydrogens is 344 g/mol. The highest BCUT2D eigenvalue weighted by atomic mass is 32.2. The van der Waals surface area contributed by atoms with Gasteiger partial charge in [-0.15, -0.1) is 0 Å². The van der Waals surface area contributed by atoms with Gasteiger partial charge in [0.15, 0.2) is 0 Å². The standard InChI is InChI=1S/C17H24N2O5S/c1-11(2)8-18-25(23,24)14-6-4-13(5-7-14)16(20)19-9-12(3)15(10-19)17(21)22/h4-7,11-12,15,18H,8-10H2,1-3H3,(H,21,22)/t12-,15-/m1/s1. The Bertz CT molecular complexity index is 743. The highest BCUT2D eigenvalue weighted by molar-refractivity contribution is 7.89. The molecule has 8 heteroatoms. The third-order valence-electron chi connectivity index (χ3n) is 4.31. The Balaban J connectivity index is 2.10. The normalized spacial score (nSPS) is 20.9. The largest absolute Gasteiger partial charge is 0.481 e. The van der Waals surface area contributed by atoms with Gasteiger partial charge >= 0.3 is 5.97 Å². The average Bonchev–Trinajstić information content (AvgIpc) is 2.94. The molecule has 1 heterocycles. The SMILES string of the molecule is CC(C)CNS(=O)(=O)c1ccc(C(=O)N2C[C@@H](C)[C@H](C(=O)O)C2)cc1. The summed E-state index contributed by atoms with van der Waals surface area (Å²) in [4.78, 5) is 25.3. The number of carboxylic acids is 1. The van der Waals surface area contributed by atoms with Gasteiger partial charge in [-0.3, -0.25) is 9.59 Å². The molecule has 2 N–H and O–H groups in total. The minimum atomic E-state index is -3.60. The number of likely N-dealkylation sites (tertiary alicyclic amines) is 1. The van der Waals surface area contributed by atoms with Gasteiger partial charge in [-0.25, -0.2) is 13.1 Å². The molecule has 0 radical (unpaired) electrons. The summed E-state index contributed by atoms with van der Waals surface area (Å²) in [6, 6.07) is 5.71. The monoisotopic (exact) mass is 368 g/mol. The molecule has 2 atom stereocenters. The van der Waals surface area contributed by atoms with Gasteiger partial charge in [0, 0.05) is 25.2 Å². The first kappa shape index (κ1) is 19.4. The van der Waals surface area contributed by atoms with Crippen LogP contribution < -0.4 is 4.72 Å². The Hall–Kier alpha value is -1.93. The lowest BCUT2D eigenvalue weighted by Crippen LogP contribution is -2.30. The van der Waals surface area contributed by atoms with Crippen LogP contribution in [-0.4, -0.2) is 49.9 Å². The van der Waals surface area contributed by atoms with Crippen LogP contribution in [0.25, 0.3) is 0 Å². The number of carbonyl (C=O) groups excluding carboxylic acids is 1. The average molecular weight is 368 g/mol. The topological polar surface area (TPSA) is 104 Å². The van der Waals surface area contributed by atoms with Gasteiger partial charge in [-0.1, -0.05) is 20.8 Å². The molecule has 1 saturated heterocycles. The molecule has 25 heavy (non-hydrogen) atoms. The Labute approximate surface area is 148 Å². The Morgan fingerprint density at radius 2 is 1.84 bits per heavy atom. The molecule has 0 saturated carbocycles. The van der Waals surface area contributed by atoms with Crippen LogP contribution in [0.4, 0.5) is 0 Å². The number of carboxylic acid groups (broad SMARTS) is 1. The summed E-state index contributed by atoms with van der Waals surface area (Å²) < 4.78 is 26.8. The van der Waals surface area contributed by atoms with Crippen molar-refractivity contribution >= 4 is 21.9 Å². The zero-order chi connectivity index (χ0) is 18.8. The van der Waals surface area contributed by atoms with E-state index in [4.69, 9.17) is 5.11 Å². The van der Waals surface area contributed by atoms with E-state index in [0.717, 1.165) is 0 Å². The van der Waals surface area contributed by atoms with E-state index < -0.39 is 21.9 Å². The molecule has 1 aromatic rings. The Kier molecular flexibility index (Phi) is 5.84. The van der Waals surface area contributed by atoms with Gasteiger partial charge in [-0.2, -0.15) is 0 Å². The second kappa shape index (κ2) is 7.53. The van der Waals surface area contributed by atoms with Crippen LogP contribution >= 0.6 is 0 Å². The second-order valence-corrected chi connectivity index (χ2v) is 8.67. The summed E-state index contributed by atoms with van der Waals surface area (Å²) >= 11 is 0. The minimum Gasteiger partial charge on any atom is -0.481 e. The van der Waals surface area contributed by atoms with E-state index in [2.05, 4.69) is 4.72 Å². The summed E-state index contributed by atoms with van der Waals surface area (Å²) in [5.74, 6) is -1.67. The predicted molar refractivity (Wildman–Crippen MR) is 92.7 cm³/mol. The molecule has 138 valence electrons. The molecule has 1 aliphatic rings. The zero-order valence-corrected chi connectivity index (χ0v) is 15.4. The molecule has 0 aromatic heterocycles. The van der Waals surface area contributed by atoms with Crippen molar-refractivity contribution in [3.8, 4) is 0 Å². The van der Waals surface area contributed by atoms with Gasteiger partial charge in [-0.05, 0) is 36.1 Å². The lowest BCUT2D eigenvalue weighted by Gasteiger charge is -2.16. The molecule has 0 unspecified atom stereocenters. The molecule has 1 aliphatic heterocycles. The number of sulfonamides is 1. The molecular formula is C17H24N2O5S. The molecule has 0 spiro atoms. The first-order chi connectivity index (χ1) is 11.6. The maximum Gasteiger partial charge on any atom is 0.308 e. The highest BCUT2D eigenvalue weighted by Crippen LogP contribution is 2.25. The number of nitrogens with one attached hydrogen (secondary N) is 1. The lowest BCUT2D eigenvalue weighted by atomic mass is 9.99. The van der Waals surface area contributed by atoms with Gasteiger partial charge in [0.1, 0.15) is 0 Å². The van der Waals surface area contributed by atoms with Crippen molar-refractivity contribution in [3.63, 3.8) is 0 Å². The molecule has 1 aromatic carbocycles. The molecule has 0 bridgehead atoms. The fraction of sp³-hybridized carbons (Fsp3) is 0.529. The molecule has 2 rings (SSSR count). The van der Waals surface area contributed by atoms with Crippen LogP contribution in [0.1, 0.15) is 31.1 Å². The fourth-order valence-corrected chi connectivity index (χ4v) is 3.99. The van der Waals surface area contributed by atoms with Crippen LogP contribution in [0.15, 0.2) is 29.2 Å². The summed E-state index contributed by atoms with van der Waals surface area (Å²) in [7, 11) is -3.60. The number of carbonyl (C=O) groups is 2. The van der Waals surface area contributed by atoms with Crippen molar-refractivity contribution in [2.24, 2.45) is 17.8 Å². The van der Waals surface area contributed by atoms with E-state index in [0.29, 0.717) is 18.7 Å². The van der Waals surface area contributed by atoms with Crippen molar-refractivity contribution in [1.29, 1.82) is 0 Å². The number of hydrogen-bond donors (Lipinski definition) is 2. The van der Waals surface area contributed by atoms with Crippen molar-refractivity contribution in [1.82, 2.24) is 9.62 Å². The quantitative estimate of drug-likeness (QED) is 0.790. The Morgan fingerprint density at radius 3 is 2.32 bits per heavy atom. The summed E-state index contributed by atoms with van der Waals surface area (Å²) in [5.41, 5.74) is 0.348. The van der Waals surface area contributed by atoms with Gasteiger partial charge in [0.05, 0.1) is 10.8 Å². The summed E-state index contributed by atoms with van der Waals surface area (Å²) in [6.45, 7) is 6.52. The summed E-state index contributed by atoms with van der Waals surface area (Å²) in [6.07, 6.45) is 0. The predicted octanol–water partition coefficient (Wildman–Crippen LogP) is 1.41. The van der Waals surface area contributed by atoms with Crippen molar-refractivity contribution in [2.75, 3.05) is 19.6 Å². The second-order valence-electron chi connectivity index (χ2n) is 6.90. The summed E-state index contributed by atoms with van der Waals surface area (Å²) in [5, 5.41) is 9.16. The lowest BCUT2D eigenvalue weighted by molar-refractivity contribution is -0.142. The van der Waals surface area contributed by atoms with Gasteiger partial charge in [0.2, 0.25) is 10.0 Å².